The lowest BCUT2D eigenvalue weighted by atomic mass is 9.87. The molecule has 0 heterocycles. The van der Waals surface area contributed by atoms with Gasteiger partial charge in [-0.15, -0.1) is 4.36 Å². The van der Waals surface area contributed by atoms with Crippen LogP contribution in [0, 0.1) is 5.82 Å². The number of carbonyl (C=O) groups excluding carboxylic acids is 1. The Morgan fingerprint density at radius 2 is 1.63 bits per heavy atom. The van der Waals surface area contributed by atoms with E-state index in [0.717, 1.165) is 42.4 Å². The van der Waals surface area contributed by atoms with Crippen molar-refractivity contribution in [2.45, 2.75) is 69.6 Å². The number of nitrogens with zero attached hydrogens (tertiary/aromatic N) is 1. The average molecular weight is 430 g/mol. The van der Waals surface area contributed by atoms with Crippen LogP contribution in [-0.2, 0) is 41.0 Å². The van der Waals surface area contributed by atoms with E-state index in [1.54, 1.807) is 18.2 Å². The molecule has 0 unspecified atom stereocenters. The highest BCUT2D eigenvalue weighted by molar-refractivity contribution is 7.91. The van der Waals surface area contributed by atoms with E-state index in [1.807, 2.05) is 26.8 Å². The molecule has 30 heavy (non-hydrogen) atoms. The molecule has 2 aromatic carbocycles. The minimum Gasteiger partial charge on any atom is -0.305 e. The van der Waals surface area contributed by atoms with E-state index < -0.39 is 15.9 Å². The summed E-state index contributed by atoms with van der Waals surface area (Å²) >= 11 is 0. The fourth-order valence-electron chi connectivity index (χ4n) is 4.49. The maximum atomic E-state index is 14.8. The molecule has 7 heteroatoms. The average Bonchev–Trinajstić information content (AvgIpc) is 3.34. The van der Waals surface area contributed by atoms with Crippen LogP contribution in [0.3, 0.4) is 0 Å². The Morgan fingerprint density at radius 1 is 1.07 bits per heavy atom. The third-order valence-electron chi connectivity index (χ3n) is 6.06. The molecule has 0 aromatic heterocycles. The van der Waals surface area contributed by atoms with Gasteiger partial charge in [0.1, 0.15) is 15.7 Å². The molecule has 4 rings (SSSR count). The second-order valence-corrected chi connectivity index (χ2v) is 11.0. The van der Waals surface area contributed by atoms with Crippen LogP contribution in [-0.4, -0.2) is 10.2 Å². The third kappa shape index (κ3) is 3.76. The van der Waals surface area contributed by atoms with Crippen molar-refractivity contribution in [3.8, 4) is 0 Å². The van der Waals surface area contributed by atoms with Crippen LogP contribution in [0.25, 0.3) is 0 Å². The molecular formula is C23H28FN3O2S. The second kappa shape index (κ2) is 7.46. The van der Waals surface area contributed by atoms with Gasteiger partial charge in [0.2, 0.25) is 0 Å². The highest BCUT2D eigenvalue weighted by atomic mass is 32.2. The first-order chi connectivity index (χ1) is 14.1. The highest BCUT2D eigenvalue weighted by Crippen LogP contribution is 2.41. The fraction of sp³-hybridized carbons (Fsp3) is 0.435. The number of benzene rings is 2. The molecule has 2 amide bonds. The maximum absolute atomic E-state index is 14.8. The first-order valence-corrected chi connectivity index (χ1v) is 12.0. The standard InChI is InChI=1S/C23H28FN3O2S/c1-23(2,3)14-7-4-8-15(13-14)30(25,29)27-22(28)26-21-18-11-5-9-16(18)20(24)17-10-6-12-19(17)21/h4,7-8,13H,5-6,9-12H2,1-3H3,(H3,25,26,27,28,29)/t30-/m0/s1. The topological polar surface area (TPSA) is 84.6 Å². The number of hydrogen-bond donors (Lipinski definition) is 2. The van der Waals surface area contributed by atoms with Gasteiger partial charge in [-0.1, -0.05) is 32.9 Å². The summed E-state index contributed by atoms with van der Waals surface area (Å²) < 4.78 is 31.7. The van der Waals surface area contributed by atoms with Crippen LogP contribution < -0.4 is 10.5 Å². The summed E-state index contributed by atoms with van der Waals surface area (Å²) in [6.45, 7) is 6.14. The number of carbonyl (C=O) groups is 1. The van der Waals surface area contributed by atoms with Gasteiger partial charge in [-0.25, -0.2) is 18.5 Å². The van der Waals surface area contributed by atoms with Crippen molar-refractivity contribution in [3.63, 3.8) is 0 Å². The molecule has 2 aliphatic carbocycles. The third-order valence-corrected chi connectivity index (χ3v) is 7.42. The van der Waals surface area contributed by atoms with E-state index in [0.29, 0.717) is 34.6 Å². The predicted octanol–water partition coefficient (Wildman–Crippen LogP) is 5.03. The molecule has 2 aliphatic rings. The maximum Gasteiger partial charge on any atom is 0.354 e. The van der Waals surface area contributed by atoms with Crippen LogP contribution in [0.15, 0.2) is 33.5 Å². The van der Waals surface area contributed by atoms with E-state index in [9.17, 15) is 13.4 Å². The second-order valence-electron chi connectivity index (χ2n) is 9.18. The van der Waals surface area contributed by atoms with Gasteiger partial charge in [-0.2, -0.15) is 0 Å². The molecular weight excluding hydrogens is 401 g/mol. The van der Waals surface area contributed by atoms with E-state index in [4.69, 9.17) is 5.14 Å². The van der Waals surface area contributed by atoms with Gasteiger partial charge in [0.05, 0.1) is 4.90 Å². The monoisotopic (exact) mass is 429 g/mol. The largest absolute Gasteiger partial charge is 0.354 e. The number of fused-ring (bicyclic) bond motifs is 2. The zero-order valence-electron chi connectivity index (χ0n) is 17.7. The number of amides is 2. The summed E-state index contributed by atoms with van der Waals surface area (Å²) in [6.07, 6.45) is 4.54. The molecule has 0 bridgehead atoms. The van der Waals surface area contributed by atoms with E-state index >= 15 is 0 Å². The molecule has 3 N–H and O–H groups in total. The Labute approximate surface area is 177 Å². The van der Waals surface area contributed by atoms with Crippen molar-refractivity contribution in [1.82, 2.24) is 0 Å². The quantitative estimate of drug-likeness (QED) is 0.701. The minimum absolute atomic E-state index is 0.105. The molecule has 0 spiro atoms. The zero-order chi connectivity index (χ0) is 21.7. The van der Waals surface area contributed by atoms with Crippen LogP contribution in [0.2, 0.25) is 0 Å². The smallest absolute Gasteiger partial charge is 0.305 e. The highest BCUT2D eigenvalue weighted by Gasteiger charge is 2.30. The van der Waals surface area contributed by atoms with Crippen LogP contribution >= 0.6 is 0 Å². The van der Waals surface area contributed by atoms with E-state index in [-0.39, 0.29) is 11.2 Å². The van der Waals surface area contributed by atoms with Gasteiger partial charge in [0.15, 0.2) is 0 Å². The van der Waals surface area contributed by atoms with E-state index in [1.165, 1.54) is 0 Å². The van der Waals surface area contributed by atoms with Gasteiger partial charge in [0.25, 0.3) is 0 Å². The number of anilines is 1. The summed E-state index contributed by atoms with van der Waals surface area (Å²) in [5.41, 5.74) is 4.59. The van der Waals surface area contributed by atoms with Crippen molar-refractivity contribution in [3.05, 3.63) is 57.9 Å². The fourth-order valence-corrected chi connectivity index (χ4v) is 5.46. The van der Waals surface area contributed by atoms with Gasteiger partial charge < -0.3 is 5.32 Å². The SMILES string of the molecule is CC(C)(C)c1cccc([S@@](N)(=O)=NC(=O)Nc2c3c(c(F)c4c2CCC4)CCC3)c1. The Bertz CT molecular complexity index is 1120. The molecule has 0 saturated carbocycles. The van der Waals surface area contributed by atoms with Crippen LogP contribution in [0.4, 0.5) is 14.9 Å². The van der Waals surface area contributed by atoms with Crippen molar-refractivity contribution >= 4 is 21.6 Å². The molecule has 0 radical (unpaired) electrons. The van der Waals surface area contributed by atoms with Crippen molar-refractivity contribution < 1.29 is 13.4 Å². The van der Waals surface area contributed by atoms with Crippen LogP contribution in [0.1, 0.15) is 61.4 Å². The normalized spacial score (nSPS) is 17.2. The lowest BCUT2D eigenvalue weighted by Crippen LogP contribution is -2.20. The number of urea groups is 1. The summed E-state index contributed by atoms with van der Waals surface area (Å²) in [6, 6.07) is 6.33. The number of hydrogen-bond acceptors (Lipinski definition) is 2. The lowest BCUT2D eigenvalue weighted by molar-refractivity contribution is 0.260. The van der Waals surface area contributed by atoms with Gasteiger partial charge in [-0.3, -0.25) is 0 Å². The first-order valence-electron chi connectivity index (χ1n) is 10.4. The summed E-state index contributed by atoms with van der Waals surface area (Å²) in [5.74, 6) is -0.105. The number of nitrogens with two attached hydrogens (primary N) is 1. The molecule has 1 atom stereocenters. The lowest BCUT2D eigenvalue weighted by Gasteiger charge is -2.20. The Morgan fingerprint density at radius 3 is 2.20 bits per heavy atom. The molecule has 0 fully saturated rings. The van der Waals surface area contributed by atoms with Crippen molar-refractivity contribution in [1.29, 1.82) is 0 Å². The van der Waals surface area contributed by atoms with E-state index in [2.05, 4.69) is 9.68 Å². The number of rotatable bonds is 2. The molecule has 2 aromatic rings. The Kier molecular flexibility index (Phi) is 5.22. The zero-order valence-corrected chi connectivity index (χ0v) is 18.5. The van der Waals surface area contributed by atoms with Crippen molar-refractivity contribution in [2.24, 2.45) is 9.50 Å². The predicted molar refractivity (Wildman–Crippen MR) is 118 cm³/mol. The Balaban J connectivity index is 1.69. The molecule has 160 valence electrons. The number of halogens is 1. The summed E-state index contributed by atoms with van der Waals surface area (Å²) in [5, 5.41) is 8.80. The summed E-state index contributed by atoms with van der Waals surface area (Å²) in [7, 11) is -3.41. The van der Waals surface area contributed by atoms with Gasteiger partial charge in [-0.05, 0) is 83.9 Å². The van der Waals surface area contributed by atoms with Gasteiger partial charge in [0, 0.05) is 5.69 Å². The summed E-state index contributed by atoms with van der Waals surface area (Å²) in [4.78, 5) is 13.1. The molecule has 0 aliphatic heterocycles. The number of nitrogens with one attached hydrogen (secondary N) is 1. The van der Waals surface area contributed by atoms with Crippen molar-refractivity contribution in [2.75, 3.05) is 5.32 Å². The van der Waals surface area contributed by atoms with Gasteiger partial charge >= 0.3 is 6.03 Å². The van der Waals surface area contributed by atoms with Crippen LogP contribution in [0.5, 0.6) is 0 Å². The molecule has 5 nitrogen and oxygen atoms in total. The molecule has 0 saturated heterocycles. The minimum atomic E-state index is -3.41. The first kappa shape index (κ1) is 21.0. The Hall–Kier alpha value is -2.25.